The Labute approximate surface area is 344 Å². The fraction of sp³-hybridized carbons (Fsp3) is 0.833. The van der Waals surface area contributed by atoms with Crippen LogP contribution in [0.1, 0.15) is 228 Å². The monoisotopic (exact) mass is 791 g/mol. The Kier molecular flexibility index (Phi) is 37.0. The Morgan fingerprint density at radius 1 is 0.375 bits per heavy atom. The molecule has 0 fully saturated rings. The van der Waals surface area contributed by atoms with Crippen LogP contribution in [-0.4, -0.2) is 64.2 Å². The molecular weight excluding hydrogens is 705 g/mol. The molecule has 0 heterocycles. The van der Waals surface area contributed by atoms with Gasteiger partial charge in [0, 0.05) is 26.4 Å². The van der Waals surface area contributed by atoms with E-state index < -0.39 is 24.5 Å². The van der Waals surface area contributed by atoms with E-state index in [1.165, 1.54) is 128 Å². The Bertz CT molecular complexity index is 898. The number of carbonyl (C=O) groups is 2. The molecule has 0 saturated heterocycles. The lowest BCUT2D eigenvalue weighted by molar-refractivity contribution is -0.165. The molecule has 0 unspecified atom stereocenters. The molecule has 0 amide bonds. The van der Waals surface area contributed by atoms with Gasteiger partial charge < -0.3 is 28.4 Å². The van der Waals surface area contributed by atoms with Gasteiger partial charge in [-0.2, -0.15) is 0 Å². The van der Waals surface area contributed by atoms with E-state index >= 15 is 0 Å². The number of carbonyl (C=O) groups excluding carboxylic acids is 2. The van der Waals surface area contributed by atoms with Crippen molar-refractivity contribution in [2.75, 3.05) is 39.6 Å². The van der Waals surface area contributed by atoms with Crippen LogP contribution >= 0.6 is 0 Å². The van der Waals surface area contributed by atoms with Gasteiger partial charge in [0.2, 0.25) is 0 Å². The topological polar surface area (TPSA) is 89.5 Å². The number of rotatable bonds is 42. The highest BCUT2D eigenvalue weighted by atomic mass is 16.7. The third kappa shape index (κ3) is 30.1. The van der Waals surface area contributed by atoms with E-state index in [2.05, 4.69) is 27.7 Å². The standard InChI is InChI=1S/C48H86O8/c1-5-9-13-17-21-25-31-37-51-45(52-38-32-26-22-18-14-10-6-2)41-55-47(49)43-35-29-30-36-44(43)48(50)56-42-46(53-39-33-27-23-19-15-11-7-3)54-40-34-28-24-20-16-12-8-4/h29-30,35-36,45-46H,5-28,31-34,37-42H2,1-4H3. The third-order valence-corrected chi connectivity index (χ3v) is 10.3. The van der Waals surface area contributed by atoms with Gasteiger partial charge in [-0.25, -0.2) is 9.59 Å². The predicted molar refractivity (Wildman–Crippen MR) is 230 cm³/mol. The molecule has 0 aromatic heterocycles. The first-order valence-corrected chi connectivity index (χ1v) is 23.5. The average molecular weight is 791 g/mol. The minimum absolute atomic E-state index is 0.0455. The van der Waals surface area contributed by atoms with Crippen molar-refractivity contribution in [1.29, 1.82) is 0 Å². The molecule has 0 bridgehead atoms. The van der Waals surface area contributed by atoms with Crippen LogP contribution in [0.5, 0.6) is 0 Å². The van der Waals surface area contributed by atoms with Crippen molar-refractivity contribution in [2.45, 2.75) is 220 Å². The normalized spacial score (nSPS) is 11.5. The molecule has 0 aliphatic heterocycles. The van der Waals surface area contributed by atoms with Crippen molar-refractivity contribution in [3.8, 4) is 0 Å². The molecule has 0 radical (unpaired) electrons. The van der Waals surface area contributed by atoms with E-state index in [1.807, 2.05) is 0 Å². The van der Waals surface area contributed by atoms with Crippen LogP contribution in [0.2, 0.25) is 0 Å². The van der Waals surface area contributed by atoms with Gasteiger partial charge in [-0.3, -0.25) is 0 Å². The molecule has 0 aliphatic carbocycles. The van der Waals surface area contributed by atoms with E-state index in [0.717, 1.165) is 51.4 Å². The number of hydrogen-bond acceptors (Lipinski definition) is 8. The predicted octanol–water partition coefficient (Wildman–Crippen LogP) is 13.7. The molecule has 0 N–H and O–H groups in total. The summed E-state index contributed by atoms with van der Waals surface area (Å²) < 4.78 is 35.8. The Morgan fingerprint density at radius 2 is 0.607 bits per heavy atom. The number of ether oxygens (including phenoxy) is 6. The zero-order valence-electron chi connectivity index (χ0n) is 36.8. The molecule has 0 aliphatic rings. The molecule has 8 heteroatoms. The van der Waals surface area contributed by atoms with E-state index in [1.54, 1.807) is 24.3 Å². The van der Waals surface area contributed by atoms with Crippen molar-refractivity contribution in [2.24, 2.45) is 0 Å². The maximum absolute atomic E-state index is 13.4. The van der Waals surface area contributed by atoms with Gasteiger partial charge in [0.1, 0.15) is 13.2 Å². The molecule has 56 heavy (non-hydrogen) atoms. The molecule has 8 nitrogen and oxygen atoms in total. The minimum atomic E-state index is -0.652. The van der Waals surface area contributed by atoms with Crippen molar-refractivity contribution >= 4 is 11.9 Å². The van der Waals surface area contributed by atoms with Gasteiger partial charge in [-0.05, 0) is 37.8 Å². The number of benzene rings is 1. The molecule has 1 rings (SSSR count). The highest BCUT2D eigenvalue weighted by Gasteiger charge is 2.22. The highest BCUT2D eigenvalue weighted by molar-refractivity contribution is 6.03. The molecule has 1 aromatic rings. The number of unbranched alkanes of at least 4 members (excludes halogenated alkanes) is 24. The van der Waals surface area contributed by atoms with Crippen molar-refractivity contribution in [3.63, 3.8) is 0 Å². The molecule has 1 aromatic carbocycles. The van der Waals surface area contributed by atoms with Gasteiger partial charge in [-0.1, -0.05) is 194 Å². The first-order valence-electron chi connectivity index (χ1n) is 23.5. The maximum Gasteiger partial charge on any atom is 0.339 e. The van der Waals surface area contributed by atoms with Crippen LogP contribution < -0.4 is 0 Å². The second kappa shape index (κ2) is 39.8. The lowest BCUT2D eigenvalue weighted by Gasteiger charge is -2.20. The smallest absolute Gasteiger partial charge is 0.339 e. The van der Waals surface area contributed by atoms with Crippen molar-refractivity contribution < 1.29 is 38.0 Å². The van der Waals surface area contributed by atoms with Crippen LogP contribution in [0.3, 0.4) is 0 Å². The van der Waals surface area contributed by atoms with Gasteiger partial charge in [-0.15, -0.1) is 0 Å². The summed E-state index contributed by atoms with van der Waals surface area (Å²) in [6.07, 6.45) is 32.0. The molecule has 0 atom stereocenters. The van der Waals surface area contributed by atoms with E-state index in [0.29, 0.717) is 26.4 Å². The molecule has 0 saturated carbocycles. The van der Waals surface area contributed by atoms with Crippen LogP contribution in [0.25, 0.3) is 0 Å². The quantitative estimate of drug-likeness (QED) is 0.0367. The van der Waals surface area contributed by atoms with Gasteiger partial charge in [0.05, 0.1) is 11.1 Å². The summed E-state index contributed by atoms with van der Waals surface area (Å²) in [5.74, 6) is -1.22. The number of esters is 2. The summed E-state index contributed by atoms with van der Waals surface area (Å²) in [6.45, 7) is 11.1. The lowest BCUT2D eigenvalue weighted by Crippen LogP contribution is -2.28. The zero-order chi connectivity index (χ0) is 40.6. The van der Waals surface area contributed by atoms with Crippen LogP contribution in [0, 0.1) is 0 Å². The highest BCUT2D eigenvalue weighted by Crippen LogP contribution is 2.16. The first-order chi connectivity index (χ1) is 27.6. The second-order valence-corrected chi connectivity index (χ2v) is 15.6. The van der Waals surface area contributed by atoms with Gasteiger partial charge >= 0.3 is 11.9 Å². The van der Waals surface area contributed by atoms with Crippen LogP contribution in [0.4, 0.5) is 0 Å². The average Bonchev–Trinajstić information content (AvgIpc) is 3.21. The third-order valence-electron chi connectivity index (χ3n) is 10.3. The maximum atomic E-state index is 13.4. The Hall–Kier alpha value is -2.00. The van der Waals surface area contributed by atoms with E-state index in [4.69, 9.17) is 28.4 Å². The van der Waals surface area contributed by atoms with Gasteiger partial charge in [0.25, 0.3) is 0 Å². The van der Waals surface area contributed by atoms with Gasteiger partial charge in [0.15, 0.2) is 12.6 Å². The summed E-state index contributed by atoms with van der Waals surface area (Å²) >= 11 is 0. The van der Waals surface area contributed by atoms with E-state index in [9.17, 15) is 9.59 Å². The Balaban J connectivity index is 2.72. The SMILES string of the molecule is CCCCCCCCCOC(COC(=O)c1ccccc1C(=O)OCC(OCCCCCCCCC)OCCCCCCCCC)OCCCCCCCCC. The molecule has 0 spiro atoms. The van der Waals surface area contributed by atoms with Crippen LogP contribution in [0.15, 0.2) is 24.3 Å². The Morgan fingerprint density at radius 3 is 0.857 bits per heavy atom. The minimum Gasteiger partial charge on any atom is -0.457 e. The summed E-state index contributed by atoms with van der Waals surface area (Å²) in [4.78, 5) is 26.8. The summed E-state index contributed by atoms with van der Waals surface area (Å²) in [6, 6.07) is 6.63. The lowest BCUT2D eigenvalue weighted by atomic mass is 10.1. The summed E-state index contributed by atoms with van der Waals surface area (Å²) in [5.41, 5.74) is 0.305. The first kappa shape index (κ1) is 52.0. The zero-order valence-corrected chi connectivity index (χ0v) is 36.8. The van der Waals surface area contributed by atoms with Crippen LogP contribution in [-0.2, 0) is 28.4 Å². The van der Waals surface area contributed by atoms with E-state index in [-0.39, 0.29) is 24.3 Å². The fourth-order valence-electron chi connectivity index (χ4n) is 6.67. The number of hydrogen-bond donors (Lipinski definition) is 0. The largest absolute Gasteiger partial charge is 0.457 e. The molecule has 326 valence electrons. The molecular formula is C48H86O8. The van der Waals surface area contributed by atoms with Crippen molar-refractivity contribution in [1.82, 2.24) is 0 Å². The second-order valence-electron chi connectivity index (χ2n) is 15.6. The fourth-order valence-corrected chi connectivity index (χ4v) is 6.67. The van der Waals surface area contributed by atoms with Crippen molar-refractivity contribution in [3.05, 3.63) is 35.4 Å². The summed E-state index contributed by atoms with van der Waals surface area (Å²) in [5, 5.41) is 0. The summed E-state index contributed by atoms with van der Waals surface area (Å²) in [7, 11) is 0.